The third-order valence-corrected chi connectivity index (χ3v) is 2.37. The summed E-state index contributed by atoms with van der Waals surface area (Å²) in [6.07, 6.45) is 2.28. The van der Waals surface area contributed by atoms with Gasteiger partial charge in [-0.15, -0.1) is 0 Å². The second kappa shape index (κ2) is 5.53. The molecule has 1 aliphatic heterocycles. The maximum atomic E-state index is 11.4. The summed E-state index contributed by atoms with van der Waals surface area (Å²) in [5, 5.41) is 0. The van der Waals surface area contributed by atoms with E-state index in [1.54, 1.807) is 0 Å². The van der Waals surface area contributed by atoms with Crippen LogP contribution in [0.1, 0.15) is 20.3 Å². The number of ether oxygens (including phenoxy) is 2. The van der Waals surface area contributed by atoms with E-state index in [9.17, 15) is 9.59 Å². The van der Waals surface area contributed by atoms with Gasteiger partial charge < -0.3 is 9.47 Å². The minimum absolute atomic E-state index is 0.0837. The molecule has 1 amide bonds. The second-order valence-electron chi connectivity index (χ2n) is 3.88. The van der Waals surface area contributed by atoms with E-state index in [-0.39, 0.29) is 6.61 Å². The Kier molecular flexibility index (Phi) is 4.34. The highest BCUT2D eigenvalue weighted by molar-refractivity contribution is 5.84. The number of methoxy groups -OCH3 is 1. The Morgan fingerprint density at radius 2 is 2.31 bits per heavy atom. The van der Waals surface area contributed by atoms with Crippen molar-refractivity contribution in [3.63, 3.8) is 0 Å². The lowest BCUT2D eigenvalue weighted by Crippen LogP contribution is -2.40. The van der Waals surface area contributed by atoms with Crippen molar-refractivity contribution >= 4 is 12.1 Å². The minimum Gasteiger partial charge on any atom is -0.467 e. The molecule has 1 aliphatic rings. The van der Waals surface area contributed by atoms with Crippen molar-refractivity contribution in [1.82, 2.24) is 4.90 Å². The van der Waals surface area contributed by atoms with E-state index in [1.165, 1.54) is 17.6 Å². The van der Waals surface area contributed by atoms with Crippen molar-refractivity contribution in [3.8, 4) is 0 Å². The van der Waals surface area contributed by atoms with Crippen LogP contribution in [0.2, 0.25) is 0 Å². The van der Waals surface area contributed by atoms with Crippen molar-refractivity contribution < 1.29 is 19.1 Å². The molecule has 16 heavy (non-hydrogen) atoms. The first-order valence-corrected chi connectivity index (χ1v) is 5.21. The third kappa shape index (κ3) is 2.98. The van der Waals surface area contributed by atoms with Crippen LogP contribution in [0.5, 0.6) is 0 Å². The fourth-order valence-electron chi connectivity index (χ4n) is 1.52. The zero-order chi connectivity index (χ0) is 12.1. The van der Waals surface area contributed by atoms with Gasteiger partial charge in [0.15, 0.2) is 6.04 Å². The quantitative estimate of drug-likeness (QED) is 0.537. The van der Waals surface area contributed by atoms with Crippen LogP contribution in [0.25, 0.3) is 0 Å². The molecule has 0 unspecified atom stereocenters. The van der Waals surface area contributed by atoms with E-state index in [1.807, 2.05) is 19.9 Å². The highest BCUT2D eigenvalue weighted by Gasteiger charge is 2.38. The summed E-state index contributed by atoms with van der Waals surface area (Å²) >= 11 is 0. The lowest BCUT2D eigenvalue weighted by molar-refractivity contribution is -0.145. The van der Waals surface area contributed by atoms with Crippen molar-refractivity contribution in [1.29, 1.82) is 0 Å². The molecular weight excluding hydrogens is 210 g/mol. The summed E-state index contributed by atoms with van der Waals surface area (Å²) in [7, 11) is 1.30. The van der Waals surface area contributed by atoms with Gasteiger partial charge in [-0.1, -0.05) is 11.6 Å². The topological polar surface area (TPSA) is 55.8 Å². The van der Waals surface area contributed by atoms with Gasteiger partial charge in [0.2, 0.25) is 0 Å². The first-order valence-electron chi connectivity index (χ1n) is 5.21. The monoisotopic (exact) mass is 227 g/mol. The fraction of sp³-hybridized carbons (Fsp3) is 0.636. The Morgan fingerprint density at radius 3 is 2.88 bits per heavy atom. The van der Waals surface area contributed by atoms with Gasteiger partial charge in [-0.05, 0) is 20.3 Å². The maximum absolute atomic E-state index is 11.4. The Labute approximate surface area is 95.0 Å². The summed E-state index contributed by atoms with van der Waals surface area (Å²) < 4.78 is 9.44. The lowest BCUT2D eigenvalue weighted by Gasteiger charge is -2.18. The molecule has 90 valence electrons. The van der Waals surface area contributed by atoms with Gasteiger partial charge in [0.1, 0.15) is 6.61 Å². The Balaban J connectivity index is 2.57. The normalized spacial score (nSPS) is 19.3. The molecule has 1 fully saturated rings. The highest BCUT2D eigenvalue weighted by atomic mass is 16.6. The van der Waals surface area contributed by atoms with Gasteiger partial charge in [-0.2, -0.15) is 0 Å². The lowest BCUT2D eigenvalue weighted by atomic mass is 10.2. The van der Waals surface area contributed by atoms with Gasteiger partial charge in [0.25, 0.3) is 0 Å². The molecule has 0 bridgehead atoms. The molecule has 5 nitrogen and oxygen atoms in total. The van der Waals surface area contributed by atoms with Crippen LogP contribution in [0.3, 0.4) is 0 Å². The van der Waals surface area contributed by atoms with Gasteiger partial charge in [-0.3, -0.25) is 4.90 Å². The molecule has 0 spiro atoms. The number of hydrogen-bond donors (Lipinski definition) is 0. The van der Waals surface area contributed by atoms with Gasteiger partial charge in [-0.25, -0.2) is 9.59 Å². The molecule has 1 saturated heterocycles. The number of carbonyl (C=O) groups excluding carboxylic acids is 2. The first-order chi connectivity index (χ1) is 7.56. The van der Waals surface area contributed by atoms with E-state index in [0.29, 0.717) is 13.0 Å². The van der Waals surface area contributed by atoms with Crippen LogP contribution >= 0.6 is 0 Å². The molecule has 0 aromatic heterocycles. The van der Waals surface area contributed by atoms with Crippen LogP contribution < -0.4 is 0 Å². The molecule has 0 aromatic rings. The van der Waals surface area contributed by atoms with E-state index >= 15 is 0 Å². The standard InChI is InChI=1S/C11H17NO4/c1-8(2)5-4-6-12-9(10(13)15-3)7-16-11(12)14/h5,9H,4,6-7H2,1-3H3/t9-/m0/s1. The Bertz CT molecular complexity index is 307. The van der Waals surface area contributed by atoms with Crippen molar-refractivity contribution in [2.24, 2.45) is 0 Å². The van der Waals surface area contributed by atoms with E-state index in [4.69, 9.17) is 4.74 Å². The minimum atomic E-state index is -0.594. The summed E-state index contributed by atoms with van der Waals surface area (Å²) in [5.41, 5.74) is 1.18. The van der Waals surface area contributed by atoms with Crippen LogP contribution in [-0.2, 0) is 14.3 Å². The SMILES string of the molecule is COC(=O)[C@@H]1COC(=O)N1CCC=C(C)C. The number of esters is 1. The fourth-order valence-corrected chi connectivity index (χ4v) is 1.52. The molecule has 0 saturated carbocycles. The number of allylic oxidation sites excluding steroid dienone is 1. The van der Waals surface area contributed by atoms with Crippen molar-refractivity contribution in [2.75, 3.05) is 20.3 Å². The van der Waals surface area contributed by atoms with E-state index in [2.05, 4.69) is 4.74 Å². The molecule has 0 radical (unpaired) electrons. The number of carbonyl (C=O) groups is 2. The molecule has 0 N–H and O–H groups in total. The first kappa shape index (κ1) is 12.5. The maximum Gasteiger partial charge on any atom is 0.410 e. The summed E-state index contributed by atoms with van der Waals surface area (Å²) in [6, 6.07) is -0.594. The van der Waals surface area contributed by atoms with Crippen LogP contribution in [0.4, 0.5) is 4.79 Å². The van der Waals surface area contributed by atoms with Gasteiger partial charge in [0, 0.05) is 6.54 Å². The average Bonchev–Trinajstić information content (AvgIpc) is 2.59. The third-order valence-electron chi connectivity index (χ3n) is 2.37. The van der Waals surface area contributed by atoms with E-state index in [0.717, 1.165) is 0 Å². The Hall–Kier alpha value is -1.52. The van der Waals surface area contributed by atoms with Crippen LogP contribution in [0.15, 0.2) is 11.6 Å². The van der Waals surface area contributed by atoms with Crippen LogP contribution in [0, 0.1) is 0 Å². The van der Waals surface area contributed by atoms with Gasteiger partial charge >= 0.3 is 12.1 Å². The number of amides is 1. The van der Waals surface area contributed by atoms with Crippen molar-refractivity contribution in [3.05, 3.63) is 11.6 Å². The average molecular weight is 227 g/mol. The molecular formula is C11H17NO4. The summed E-state index contributed by atoms with van der Waals surface area (Å²) in [6.45, 7) is 4.53. The smallest absolute Gasteiger partial charge is 0.410 e. The summed E-state index contributed by atoms with van der Waals surface area (Å²) in [5.74, 6) is -0.428. The molecule has 1 rings (SSSR count). The molecule has 1 heterocycles. The number of nitrogens with zero attached hydrogens (tertiary/aromatic N) is 1. The summed E-state index contributed by atoms with van der Waals surface area (Å²) in [4.78, 5) is 24.1. The van der Waals surface area contributed by atoms with Gasteiger partial charge in [0.05, 0.1) is 7.11 Å². The zero-order valence-electron chi connectivity index (χ0n) is 9.86. The molecule has 0 aliphatic carbocycles. The number of rotatable bonds is 4. The number of hydrogen-bond acceptors (Lipinski definition) is 4. The number of cyclic esters (lactones) is 1. The van der Waals surface area contributed by atoms with Crippen molar-refractivity contribution in [2.45, 2.75) is 26.3 Å². The Morgan fingerprint density at radius 1 is 1.62 bits per heavy atom. The predicted octanol–water partition coefficient (Wildman–Crippen LogP) is 1.34. The van der Waals surface area contributed by atoms with E-state index < -0.39 is 18.1 Å². The van der Waals surface area contributed by atoms with Crippen LogP contribution in [-0.4, -0.2) is 43.3 Å². The molecule has 0 aromatic carbocycles. The molecule has 5 heteroatoms. The largest absolute Gasteiger partial charge is 0.467 e. The second-order valence-corrected chi connectivity index (χ2v) is 3.88. The zero-order valence-corrected chi connectivity index (χ0v) is 9.86. The predicted molar refractivity (Wildman–Crippen MR) is 57.9 cm³/mol. The molecule has 1 atom stereocenters. The highest BCUT2D eigenvalue weighted by Crippen LogP contribution is 2.14.